The number of nitrogens with zero attached hydrogens (tertiary/aromatic N) is 4. The molecule has 8 nitrogen and oxygen atoms in total. The SMILES string of the molecule is CC(NC(=O)Cn1nc(C2CC2)c2cnn(-c3ccccc3)c2c1=O)c1ccc(OC(F)(F)F)cc1. The van der Waals surface area contributed by atoms with E-state index in [1.807, 2.05) is 30.3 Å². The number of carbonyl (C=O) groups is 1. The van der Waals surface area contributed by atoms with Crippen molar-refractivity contribution < 1.29 is 22.7 Å². The second-order valence-corrected chi connectivity index (χ2v) is 8.68. The second-order valence-electron chi connectivity index (χ2n) is 8.68. The summed E-state index contributed by atoms with van der Waals surface area (Å²) in [6.45, 7) is 1.38. The Kier molecular flexibility index (Phi) is 5.99. The number of benzene rings is 2. The van der Waals surface area contributed by atoms with Gasteiger partial charge in [0.15, 0.2) is 0 Å². The van der Waals surface area contributed by atoms with Crippen molar-refractivity contribution in [3.05, 3.63) is 82.4 Å². The second kappa shape index (κ2) is 9.14. The molecule has 1 fully saturated rings. The van der Waals surface area contributed by atoms with Crippen LogP contribution >= 0.6 is 0 Å². The minimum Gasteiger partial charge on any atom is -0.406 e. The monoisotopic (exact) mass is 497 g/mol. The fourth-order valence-corrected chi connectivity index (χ4v) is 4.09. The number of nitrogens with one attached hydrogen (secondary N) is 1. The number of amides is 1. The van der Waals surface area contributed by atoms with Crippen LogP contribution in [0.1, 0.15) is 43.0 Å². The van der Waals surface area contributed by atoms with Crippen LogP contribution in [-0.2, 0) is 11.3 Å². The van der Waals surface area contributed by atoms with Gasteiger partial charge < -0.3 is 10.1 Å². The summed E-state index contributed by atoms with van der Waals surface area (Å²) in [5.74, 6) is -0.594. The summed E-state index contributed by atoms with van der Waals surface area (Å²) in [6.07, 6.45) is -1.23. The molecule has 0 spiro atoms. The van der Waals surface area contributed by atoms with E-state index < -0.39 is 23.9 Å². The van der Waals surface area contributed by atoms with Gasteiger partial charge in [0.25, 0.3) is 5.56 Å². The van der Waals surface area contributed by atoms with E-state index in [9.17, 15) is 22.8 Å². The van der Waals surface area contributed by atoms with E-state index >= 15 is 0 Å². The van der Waals surface area contributed by atoms with Crippen LogP contribution in [0.5, 0.6) is 5.75 Å². The summed E-state index contributed by atoms with van der Waals surface area (Å²) in [5, 5.41) is 12.4. The van der Waals surface area contributed by atoms with Crippen LogP contribution < -0.4 is 15.6 Å². The molecule has 2 heterocycles. The number of hydrogen-bond donors (Lipinski definition) is 1. The molecule has 2 aromatic carbocycles. The molecule has 5 rings (SSSR count). The van der Waals surface area contributed by atoms with Gasteiger partial charge in [0, 0.05) is 11.3 Å². The molecule has 1 unspecified atom stereocenters. The number of ether oxygens (including phenoxy) is 1. The molecule has 1 atom stereocenters. The van der Waals surface area contributed by atoms with E-state index in [1.54, 1.807) is 17.8 Å². The number of rotatable bonds is 7. The first-order valence-corrected chi connectivity index (χ1v) is 11.4. The van der Waals surface area contributed by atoms with Gasteiger partial charge in [-0.3, -0.25) is 9.59 Å². The van der Waals surface area contributed by atoms with Gasteiger partial charge in [-0.2, -0.15) is 10.2 Å². The zero-order valence-corrected chi connectivity index (χ0v) is 19.2. The molecule has 1 saturated carbocycles. The predicted octanol–water partition coefficient (Wildman–Crippen LogP) is 4.24. The Bertz CT molecular complexity index is 1460. The van der Waals surface area contributed by atoms with Crippen molar-refractivity contribution in [1.82, 2.24) is 24.9 Å². The topological polar surface area (TPSA) is 91.0 Å². The molecule has 1 N–H and O–H groups in total. The van der Waals surface area contributed by atoms with Gasteiger partial charge in [-0.1, -0.05) is 30.3 Å². The first kappa shape index (κ1) is 23.6. The normalized spacial score (nSPS) is 14.6. The van der Waals surface area contributed by atoms with Crippen LogP contribution in [0.3, 0.4) is 0 Å². The maximum absolute atomic E-state index is 13.4. The lowest BCUT2D eigenvalue weighted by molar-refractivity contribution is -0.274. The van der Waals surface area contributed by atoms with Gasteiger partial charge in [-0.05, 0) is 49.6 Å². The minimum absolute atomic E-state index is 0.215. The lowest BCUT2D eigenvalue weighted by Gasteiger charge is -2.16. The molecule has 186 valence electrons. The molecule has 0 aliphatic heterocycles. The number of aromatic nitrogens is 4. The molecule has 0 bridgehead atoms. The van der Waals surface area contributed by atoms with Crippen molar-refractivity contribution in [3.63, 3.8) is 0 Å². The van der Waals surface area contributed by atoms with Crippen LogP contribution in [0, 0.1) is 0 Å². The molecule has 1 aliphatic carbocycles. The fourth-order valence-electron chi connectivity index (χ4n) is 4.09. The number of fused-ring (bicyclic) bond motifs is 1. The maximum Gasteiger partial charge on any atom is 0.573 e. The largest absolute Gasteiger partial charge is 0.573 e. The number of hydrogen-bond acceptors (Lipinski definition) is 5. The predicted molar refractivity (Wildman–Crippen MR) is 125 cm³/mol. The Morgan fingerprint density at radius 1 is 1.14 bits per heavy atom. The van der Waals surface area contributed by atoms with E-state index in [0.29, 0.717) is 16.5 Å². The molecular weight excluding hydrogens is 475 g/mol. The summed E-state index contributed by atoms with van der Waals surface area (Å²) in [5.41, 5.74) is 1.97. The zero-order chi connectivity index (χ0) is 25.4. The number of alkyl halides is 3. The van der Waals surface area contributed by atoms with Gasteiger partial charge in [-0.15, -0.1) is 13.2 Å². The van der Waals surface area contributed by atoms with E-state index in [0.717, 1.165) is 28.9 Å². The van der Waals surface area contributed by atoms with E-state index in [2.05, 4.69) is 20.3 Å². The van der Waals surface area contributed by atoms with Crippen LogP contribution in [0.15, 0.2) is 65.6 Å². The fraction of sp³-hybridized carbons (Fsp3) is 0.280. The van der Waals surface area contributed by atoms with Gasteiger partial charge >= 0.3 is 6.36 Å². The molecule has 36 heavy (non-hydrogen) atoms. The van der Waals surface area contributed by atoms with Crippen LogP contribution in [0.4, 0.5) is 13.2 Å². The zero-order valence-electron chi connectivity index (χ0n) is 19.2. The molecule has 2 aromatic heterocycles. The average Bonchev–Trinajstić information content (AvgIpc) is 3.58. The first-order valence-electron chi connectivity index (χ1n) is 11.4. The summed E-state index contributed by atoms with van der Waals surface area (Å²) in [7, 11) is 0. The van der Waals surface area contributed by atoms with Gasteiger partial charge in [-0.25, -0.2) is 9.36 Å². The molecule has 1 amide bonds. The summed E-state index contributed by atoms with van der Waals surface area (Å²) >= 11 is 0. The Morgan fingerprint density at radius 3 is 2.47 bits per heavy atom. The van der Waals surface area contributed by atoms with Gasteiger partial charge in [0.1, 0.15) is 17.8 Å². The van der Waals surface area contributed by atoms with Crippen LogP contribution in [0.25, 0.3) is 16.6 Å². The Hall–Kier alpha value is -4.15. The average molecular weight is 497 g/mol. The summed E-state index contributed by atoms with van der Waals surface area (Å²) in [4.78, 5) is 26.2. The third-order valence-electron chi connectivity index (χ3n) is 5.96. The number of para-hydroxylation sites is 1. The highest BCUT2D eigenvalue weighted by Crippen LogP contribution is 2.41. The third-order valence-corrected chi connectivity index (χ3v) is 5.96. The standard InChI is InChI=1S/C25H22F3N5O3/c1-15(16-9-11-19(12-10-16)36-25(26,27)28)30-21(34)14-32-24(35)23-20(22(31-32)17-7-8-17)13-29-33(23)18-5-3-2-4-6-18/h2-6,9-13,15,17H,7-8,14H2,1H3,(H,30,34). The lowest BCUT2D eigenvalue weighted by Crippen LogP contribution is -2.35. The Labute approximate surface area is 203 Å². The molecule has 4 aromatic rings. The third kappa shape index (κ3) is 4.95. The van der Waals surface area contributed by atoms with Crippen molar-refractivity contribution >= 4 is 16.8 Å². The quantitative estimate of drug-likeness (QED) is 0.413. The van der Waals surface area contributed by atoms with Crippen LogP contribution in [0.2, 0.25) is 0 Å². The van der Waals surface area contributed by atoms with Crippen LogP contribution in [-0.4, -0.2) is 31.8 Å². The summed E-state index contributed by atoms with van der Waals surface area (Å²) < 4.78 is 43.7. The minimum atomic E-state index is -4.78. The van der Waals surface area contributed by atoms with Crippen molar-refractivity contribution in [3.8, 4) is 11.4 Å². The molecule has 1 aliphatic rings. The van der Waals surface area contributed by atoms with Crippen molar-refractivity contribution in [2.75, 3.05) is 0 Å². The van der Waals surface area contributed by atoms with Crippen molar-refractivity contribution in [2.45, 2.75) is 44.6 Å². The summed E-state index contributed by atoms with van der Waals surface area (Å²) in [6, 6.07) is 14.0. The Morgan fingerprint density at radius 2 is 1.83 bits per heavy atom. The highest BCUT2D eigenvalue weighted by atomic mass is 19.4. The highest BCUT2D eigenvalue weighted by molar-refractivity contribution is 5.83. The lowest BCUT2D eigenvalue weighted by atomic mass is 10.1. The molecule has 0 radical (unpaired) electrons. The smallest absolute Gasteiger partial charge is 0.406 e. The van der Waals surface area contributed by atoms with E-state index in [-0.39, 0.29) is 18.2 Å². The number of halogens is 3. The highest BCUT2D eigenvalue weighted by Gasteiger charge is 2.32. The number of carbonyl (C=O) groups excluding carboxylic acids is 1. The van der Waals surface area contributed by atoms with Crippen molar-refractivity contribution in [2.24, 2.45) is 0 Å². The van der Waals surface area contributed by atoms with E-state index in [4.69, 9.17) is 0 Å². The van der Waals surface area contributed by atoms with Gasteiger partial charge in [0.05, 0.1) is 23.6 Å². The first-order chi connectivity index (χ1) is 17.2. The molecule has 0 saturated heterocycles. The maximum atomic E-state index is 13.4. The van der Waals surface area contributed by atoms with E-state index in [1.165, 1.54) is 24.3 Å². The van der Waals surface area contributed by atoms with Gasteiger partial charge in [0.2, 0.25) is 5.91 Å². The Balaban J connectivity index is 1.38. The molecule has 11 heteroatoms. The van der Waals surface area contributed by atoms with Crippen molar-refractivity contribution in [1.29, 1.82) is 0 Å². The molecular formula is C25H22F3N5O3.